The number of hydrogen-bond donors (Lipinski definition) is 2. The molecule has 0 aromatic carbocycles. The van der Waals surface area contributed by atoms with E-state index in [1.165, 1.54) is 6.33 Å². The van der Waals surface area contributed by atoms with Crippen molar-refractivity contribution in [3.05, 3.63) is 35.5 Å². The Labute approximate surface area is 169 Å². The van der Waals surface area contributed by atoms with E-state index in [0.717, 1.165) is 16.9 Å². The second-order valence-corrected chi connectivity index (χ2v) is 9.51. The summed E-state index contributed by atoms with van der Waals surface area (Å²) in [5, 5.41) is 23.2. The minimum absolute atomic E-state index is 0.00903. The van der Waals surface area contributed by atoms with Gasteiger partial charge in [0.25, 0.3) is 0 Å². The number of rotatable bonds is 7. The van der Waals surface area contributed by atoms with Gasteiger partial charge in [-0.05, 0) is 0 Å². The molecule has 9 nitrogen and oxygen atoms in total. The fourth-order valence-electron chi connectivity index (χ4n) is 2.87. The fraction of sp³-hybridized carbons (Fsp3) is 0.389. The SMILES string of the molecule is Cc1ccn2nc([C@H](C)[As]c3ncnc(N)c3C#N)nc(N(C)CCCO)c12. The van der Waals surface area contributed by atoms with Crippen molar-refractivity contribution >= 4 is 37.4 Å². The van der Waals surface area contributed by atoms with E-state index in [9.17, 15) is 5.26 Å². The first-order chi connectivity index (χ1) is 13.5. The molecule has 0 unspecified atom stereocenters. The van der Waals surface area contributed by atoms with Gasteiger partial charge in [-0.3, -0.25) is 0 Å². The summed E-state index contributed by atoms with van der Waals surface area (Å²) in [7, 11) is 1.96. The van der Waals surface area contributed by atoms with Crippen molar-refractivity contribution in [2.45, 2.75) is 25.0 Å². The average Bonchev–Trinajstić information content (AvgIpc) is 3.06. The molecule has 10 heteroatoms. The van der Waals surface area contributed by atoms with E-state index in [2.05, 4.69) is 21.1 Å². The van der Waals surface area contributed by atoms with E-state index < -0.39 is 15.8 Å². The Morgan fingerprint density at radius 3 is 2.93 bits per heavy atom. The van der Waals surface area contributed by atoms with Gasteiger partial charge < -0.3 is 0 Å². The molecule has 0 aliphatic rings. The molecular formula is C18H22AsN8O. The molecule has 0 spiro atoms. The number of aliphatic hydroxyl groups excluding tert-OH is 1. The van der Waals surface area contributed by atoms with Crippen molar-refractivity contribution < 1.29 is 5.11 Å². The van der Waals surface area contributed by atoms with Crippen molar-refractivity contribution in [2.24, 2.45) is 0 Å². The van der Waals surface area contributed by atoms with Crippen LogP contribution < -0.4 is 15.1 Å². The van der Waals surface area contributed by atoms with Crippen LogP contribution in [0, 0.1) is 18.3 Å². The summed E-state index contributed by atoms with van der Waals surface area (Å²) in [4.78, 5) is 15.0. The van der Waals surface area contributed by atoms with E-state index in [1.54, 1.807) is 0 Å². The van der Waals surface area contributed by atoms with Crippen LogP contribution in [0.15, 0.2) is 18.6 Å². The molecule has 1 atom stereocenters. The van der Waals surface area contributed by atoms with Gasteiger partial charge in [0.2, 0.25) is 0 Å². The maximum absolute atomic E-state index is 9.37. The van der Waals surface area contributed by atoms with Gasteiger partial charge in [0, 0.05) is 0 Å². The summed E-state index contributed by atoms with van der Waals surface area (Å²) in [6.45, 7) is 4.89. The van der Waals surface area contributed by atoms with Crippen molar-refractivity contribution in [3.8, 4) is 6.07 Å². The monoisotopic (exact) mass is 441 g/mol. The van der Waals surface area contributed by atoms with E-state index in [1.807, 2.05) is 42.6 Å². The van der Waals surface area contributed by atoms with Crippen molar-refractivity contribution in [2.75, 3.05) is 30.8 Å². The van der Waals surface area contributed by atoms with Gasteiger partial charge in [-0.1, -0.05) is 0 Å². The molecular weight excluding hydrogens is 419 g/mol. The summed E-state index contributed by atoms with van der Waals surface area (Å²) in [6, 6.07) is 4.11. The number of nitrogens with two attached hydrogens (primary N) is 1. The molecule has 0 aliphatic carbocycles. The Bertz CT molecular complexity index is 1030. The molecule has 3 rings (SSSR count). The molecule has 0 saturated carbocycles. The Kier molecular flexibility index (Phi) is 6.12. The molecule has 145 valence electrons. The van der Waals surface area contributed by atoms with Gasteiger partial charge >= 0.3 is 170 Å². The average molecular weight is 441 g/mol. The number of fused-ring (bicyclic) bond motifs is 1. The van der Waals surface area contributed by atoms with Crippen LogP contribution in [-0.4, -0.2) is 65.6 Å². The number of nitrogens with zero attached hydrogens (tertiary/aromatic N) is 7. The number of aliphatic hydroxyl groups is 1. The fourth-order valence-corrected chi connectivity index (χ4v) is 4.97. The van der Waals surface area contributed by atoms with Crippen LogP contribution in [-0.2, 0) is 0 Å². The van der Waals surface area contributed by atoms with Crippen LogP contribution in [0.3, 0.4) is 0 Å². The zero-order chi connectivity index (χ0) is 20.3. The molecule has 0 bridgehead atoms. The Balaban J connectivity index is 1.99. The van der Waals surface area contributed by atoms with Crippen molar-refractivity contribution in [1.82, 2.24) is 24.6 Å². The third-order valence-corrected chi connectivity index (χ3v) is 6.90. The van der Waals surface area contributed by atoms with E-state index in [4.69, 9.17) is 15.8 Å². The van der Waals surface area contributed by atoms with Crippen LogP contribution >= 0.6 is 0 Å². The molecule has 0 aliphatic heterocycles. The number of aromatic nitrogens is 5. The Hall–Kier alpha value is -2.69. The van der Waals surface area contributed by atoms with E-state index in [0.29, 0.717) is 28.8 Å². The van der Waals surface area contributed by atoms with E-state index in [-0.39, 0.29) is 17.1 Å². The second-order valence-electron chi connectivity index (χ2n) is 6.46. The molecule has 0 saturated heterocycles. The second kappa shape index (κ2) is 8.55. The molecule has 28 heavy (non-hydrogen) atoms. The van der Waals surface area contributed by atoms with Gasteiger partial charge in [0.1, 0.15) is 0 Å². The molecule has 3 aromatic rings. The summed E-state index contributed by atoms with van der Waals surface area (Å²) in [5.41, 5.74) is 8.20. The molecule has 3 heterocycles. The number of aryl methyl sites for hydroxylation is 1. The standard InChI is InChI=1S/C18H22AsN8O/c1-11-5-7-27-14(11)18(26(3)6-4-8-28)24-17(25-27)12(2)19-15-13(9-20)16(21)23-10-22-15/h5,7,10,12,28H,4,6,8H2,1-3H3,(H2,21,22,23)/t12-/m0/s1. The zero-order valence-corrected chi connectivity index (χ0v) is 17.9. The predicted octanol–water partition coefficient (Wildman–Crippen LogP) is 0.191. The topological polar surface area (TPSA) is 129 Å². The molecule has 3 N–H and O–H groups in total. The number of anilines is 2. The molecule has 1 radical (unpaired) electrons. The normalized spacial score (nSPS) is 12.5. The van der Waals surface area contributed by atoms with Crippen molar-refractivity contribution in [3.63, 3.8) is 0 Å². The summed E-state index contributed by atoms with van der Waals surface area (Å²) < 4.78 is 2.54. The molecule has 0 amide bonds. The van der Waals surface area contributed by atoms with Crippen LogP contribution in [0.4, 0.5) is 11.6 Å². The van der Waals surface area contributed by atoms with Crippen LogP contribution in [0.2, 0.25) is 0 Å². The number of nitriles is 1. The van der Waals surface area contributed by atoms with Gasteiger partial charge in [-0.15, -0.1) is 0 Å². The van der Waals surface area contributed by atoms with Gasteiger partial charge in [-0.25, -0.2) is 0 Å². The van der Waals surface area contributed by atoms with Crippen LogP contribution in [0.25, 0.3) is 5.52 Å². The van der Waals surface area contributed by atoms with Crippen LogP contribution in [0.5, 0.6) is 0 Å². The van der Waals surface area contributed by atoms with Crippen molar-refractivity contribution in [1.29, 1.82) is 5.26 Å². The first-order valence-electron chi connectivity index (χ1n) is 8.85. The van der Waals surface area contributed by atoms with E-state index >= 15 is 0 Å². The van der Waals surface area contributed by atoms with Crippen LogP contribution in [0.1, 0.15) is 35.0 Å². The van der Waals surface area contributed by atoms with Gasteiger partial charge in [0.05, 0.1) is 0 Å². The van der Waals surface area contributed by atoms with Gasteiger partial charge in [0.15, 0.2) is 0 Å². The third-order valence-electron chi connectivity index (χ3n) is 4.38. The summed E-state index contributed by atoms with van der Waals surface area (Å²) >= 11 is -0.530. The molecule has 3 aromatic heterocycles. The number of nitrogen functional groups attached to an aromatic ring is 1. The minimum atomic E-state index is -0.530. The first-order valence-corrected chi connectivity index (χ1v) is 10.9. The summed E-state index contributed by atoms with van der Waals surface area (Å²) in [6.07, 6.45) is 3.97. The quantitative estimate of drug-likeness (QED) is 0.497. The summed E-state index contributed by atoms with van der Waals surface area (Å²) in [5.74, 6) is 1.73. The zero-order valence-electron chi connectivity index (χ0n) is 16.0. The van der Waals surface area contributed by atoms with Gasteiger partial charge in [-0.2, -0.15) is 0 Å². The maximum atomic E-state index is 9.37. The number of hydrogen-bond acceptors (Lipinski definition) is 8. The Morgan fingerprint density at radius 2 is 2.21 bits per heavy atom. The Morgan fingerprint density at radius 1 is 1.43 bits per heavy atom. The third kappa shape index (κ3) is 3.93. The first kappa shape index (κ1) is 20.1. The predicted molar refractivity (Wildman–Crippen MR) is 108 cm³/mol. The molecule has 0 fully saturated rings.